The van der Waals surface area contributed by atoms with E-state index in [1.54, 1.807) is 30.5 Å². The number of para-hydroxylation sites is 1. The molecule has 2 amide bonds. The summed E-state index contributed by atoms with van der Waals surface area (Å²) in [6.07, 6.45) is 1.68. The van der Waals surface area contributed by atoms with Gasteiger partial charge in [-0.2, -0.15) is 0 Å². The van der Waals surface area contributed by atoms with Gasteiger partial charge in [-0.05, 0) is 18.2 Å². The molecule has 0 fully saturated rings. The van der Waals surface area contributed by atoms with Crippen molar-refractivity contribution in [3.63, 3.8) is 0 Å². The van der Waals surface area contributed by atoms with E-state index in [9.17, 15) is 9.59 Å². The summed E-state index contributed by atoms with van der Waals surface area (Å²) in [7, 11) is 0. The molecule has 1 heterocycles. The van der Waals surface area contributed by atoms with Crippen molar-refractivity contribution < 1.29 is 9.59 Å². The zero-order chi connectivity index (χ0) is 16.9. The molecule has 0 aliphatic heterocycles. The highest BCUT2D eigenvalue weighted by atomic mass is 35.5. The third kappa shape index (κ3) is 3.41. The van der Waals surface area contributed by atoms with Gasteiger partial charge in [-0.25, -0.2) is 0 Å². The minimum atomic E-state index is -0.262. The van der Waals surface area contributed by atoms with E-state index >= 15 is 0 Å². The first-order valence-electron chi connectivity index (χ1n) is 7.54. The van der Waals surface area contributed by atoms with Crippen LogP contribution >= 0.6 is 11.6 Å². The third-order valence-corrected chi connectivity index (χ3v) is 3.98. The Balaban J connectivity index is 1.52. The minimum Gasteiger partial charge on any atom is -0.360 e. The number of aromatic nitrogens is 1. The number of benzene rings is 2. The monoisotopic (exact) mass is 341 g/mol. The van der Waals surface area contributed by atoms with Crippen molar-refractivity contribution in [1.29, 1.82) is 0 Å². The second-order valence-electron chi connectivity index (χ2n) is 5.24. The van der Waals surface area contributed by atoms with Gasteiger partial charge >= 0.3 is 0 Å². The molecule has 0 radical (unpaired) electrons. The molecule has 2 aromatic carbocycles. The van der Waals surface area contributed by atoms with Gasteiger partial charge in [0.15, 0.2) is 0 Å². The molecule has 3 aromatic rings. The summed E-state index contributed by atoms with van der Waals surface area (Å²) in [5.41, 5.74) is 1.92. The van der Waals surface area contributed by atoms with Crippen LogP contribution in [-0.2, 0) is 0 Å². The first-order chi connectivity index (χ1) is 11.7. The van der Waals surface area contributed by atoms with Crippen molar-refractivity contribution in [2.45, 2.75) is 0 Å². The maximum Gasteiger partial charge on any atom is 0.253 e. The fourth-order valence-electron chi connectivity index (χ4n) is 2.45. The van der Waals surface area contributed by atoms with Gasteiger partial charge in [0.25, 0.3) is 11.8 Å². The van der Waals surface area contributed by atoms with Crippen LogP contribution in [0.2, 0.25) is 5.02 Å². The molecular formula is C18H16ClN3O2. The number of hydrogen-bond acceptors (Lipinski definition) is 2. The normalized spacial score (nSPS) is 10.5. The van der Waals surface area contributed by atoms with Crippen molar-refractivity contribution in [2.75, 3.05) is 13.1 Å². The largest absolute Gasteiger partial charge is 0.360 e. The van der Waals surface area contributed by atoms with Crippen molar-refractivity contribution >= 4 is 34.3 Å². The second kappa shape index (κ2) is 7.19. The molecule has 6 heteroatoms. The Hall–Kier alpha value is -2.79. The molecule has 0 bridgehead atoms. The molecule has 0 aliphatic rings. The number of H-pyrrole nitrogens is 1. The second-order valence-corrected chi connectivity index (χ2v) is 5.65. The van der Waals surface area contributed by atoms with E-state index in [1.807, 2.05) is 24.3 Å². The van der Waals surface area contributed by atoms with Crippen molar-refractivity contribution in [3.8, 4) is 0 Å². The fourth-order valence-corrected chi connectivity index (χ4v) is 2.67. The summed E-state index contributed by atoms with van der Waals surface area (Å²) in [5, 5.41) is 6.79. The number of amides is 2. The van der Waals surface area contributed by atoms with E-state index < -0.39 is 0 Å². The number of nitrogens with one attached hydrogen (secondary N) is 3. The Morgan fingerprint density at radius 2 is 1.50 bits per heavy atom. The summed E-state index contributed by atoms with van der Waals surface area (Å²) in [5.74, 6) is -0.443. The zero-order valence-electron chi connectivity index (χ0n) is 12.8. The number of halogens is 1. The van der Waals surface area contributed by atoms with Gasteiger partial charge in [-0.1, -0.05) is 41.9 Å². The molecule has 1 aromatic heterocycles. The molecule has 0 spiro atoms. The van der Waals surface area contributed by atoms with Crippen LogP contribution in [0.3, 0.4) is 0 Å². The summed E-state index contributed by atoms with van der Waals surface area (Å²) in [6.45, 7) is 0.646. The Bertz CT molecular complexity index is 889. The third-order valence-electron chi connectivity index (χ3n) is 3.65. The minimum absolute atomic E-state index is 0.181. The number of carbonyl (C=O) groups excluding carboxylic acids is 2. The maximum atomic E-state index is 12.2. The number of hydrogen-bond donors (Lipinski definition) is 3. The Morgan fingerprint density at radius 1 is 0.875 bits per heavy atom. The molecule has 0 atom stereocenters. The molecule has 3 rings (SSSR count). The standard InChI is InChI=1S/C18H16ClN3O2/c19-15-7-3-1-6-13(15)17(23)20-9-10-21-18(24)14-11-22-16-8-4-2-5-12(14)16/h1-8,11,22H,9-10H2,(H,20,23)(H,21,24). The number of fused-ring (bicyclic) bond motifs is 1. The molecule has 3 N–H and O–H groups in total. The summed E-state index contributed by atoms with van der Waals surface area (Å²) in [6, 6.07) is 14.4. The van der Waals surface area contributed by atoms with Gasteiger partial charge in [-0.15, -0.1) is 0 Å². The van der Waals surface area contributed by atoms with Crippen LogP contribution in [0.1, 0.15) is 20.7 Å². The Kier molecular flexibility index (Phi) is 4.82. The maximum absolute atomic E-state index is 12.2. The highest BCUT2D eigenvalue weighted by molar-refractivity contribution is 6.33. The quantitative estimate of drug-likeness (QED) is 0.624. The van der Waals surface area contributed by atoms with Crippen LogP contribution in [-0.4, -0.2) is 29.9 Å². The molecule has 0 saturated carbocycles. The van der Waals surface area contributed by atoms with Gasteiger partial charge in [0.05, 0.1) is 16.1 Å². The average molecular weight is 342 g/mol. The topological polar surface area (TPSA) is 74.0 Å². The van der Waals surface area contributed by atoms with Crippen LogP contribution < -0.4 is 10.6 Å². The van der Waals surface area contributed by atoms with E-state index in [4.69, 9.17) is 11.6 Å². The van der Waals surface area contributed by atoms with Crippen molar-refractivity contribution in [3.05, 3.63) is 70.9 Å². The first-order valence-corrected chi connectivity index (χ1v) is 7.91. The smallest absolute Gasteiger partial charge is 0.253 e. The highest BCUT2D eigenvalue weighted by Crippen LogP contribution is 2.17. The predicted octanol–water partition coefficient (Wildman–Crippen LogP) is 2.98. The number of carbonyl (C=O) groups is 2. The van der Waals surface area contributed by atoms with E-state index in [2.05, 4.69) is 15.6 Å². The van der Waals surface area contributed by atoms with Crippen molar-refractivity contribution in [1.82, 2.24) is 15.6 Å². The van der Waals surface area contributed by atoms with Crippen LogP contribution in [0.15, 0.2) is 54.7 Å². The van der Waals surface area contributed by atoms with Crippen LogP contribution in [0, 0.1) is 0 Å². The van der Waals surface area contributed by atoms with Crippen LogP contribution in [0.5, 0.6) is 0 Å². The lowest BCUT2D eigenvalue weighted by Gasteiger charge is -2.08. The molecule has 0 aliphatic carbocycles. The predicted molar refractivity (Wildman–Crippen MR) is 94.4 cm³/mol. The zero-order valence-corrected chi connectivity index (χ0v) is 13.6. The highest BCUT2D eigenvalue weighted by Gasteiger charge is 2.12. The van der Waals surface area contributed by atoms with Gasteiger partial charge in [0, 0.05) is 30.2 Å². The lowest BCUT2D eigenvalue weighted by molar-refractivity contribution is 0.0928. The van der Waals surface area contributed by atoms with E-state index in [0.29, 0.717) is 29.2 Å². The van der Waals surface area contributed by atoms with Crippen LogP contribution in [0.25, 0.3) is 10.9 Å². The van der Waals surface area contributed by atoms with E-state index in [0.717, 1.165) is 10.9 Å². The van der Waals surface area contributed by atoms with Gasteiger partial charge in [0.1, 0.15) is 0 Å². The Morgan fingerprint density at radius 3 is 2.25 bits per heavy atom. The van der Waals surface area contributed by atoms with Gasteiger partial charge in [-0.3, -0.25) is 9.59 Å². The molecule has 122 valence electrons. The molecular weight excluding hydrogens is 326 g/mol. The van der Waals surface area contributed by atoms with Crippen molar-refractivity contribution in [2.24, 2.45) is 0 Å². The SMILES string of the molecule is O=C(NCCNC(=O)c1c[nH]c2ccccc12)c1ccccc1Cl. The van der Waals surface area contributed by atoms with Gasteiger partial charge < -0.3 is 15.6 Å². The average Bonchev–Trinajstić information content (AvgIpc) is 3.03. The van der Waals surface area contributed by atoms with Crippen LogP contribution in [0.4, 0.5) is 0 Å². The first kappa shape index (κ1) is 16.1. The van der Waals surface area contributed by atoms with E-state index in [-0.39, 0.29) is 11.8 Å². The summed E-state index contributed by atoms with van der Waals surface area (Å²) >= 11 is 5.97. The van der Waals surface area contributed by atoms with E-state index in [1.165, 1.54) is 0 Å². The molecule has 0 unspecified atom stereocenters. The summed E-state index contributed by atoms with van der Waals surface area (Å²) in [4.78, 5) is 27.3. The lowest BCUT2D eigenvalue weighted by Crippen LogP contribution is -2.34. The summed E-state index contributed by atoms with van der Waals surface area (Å²) < 4.78 is 0. The number of rotatable bonds is 5. The Labute approximate surface area is 144 Å². The lowest BCUT2D eigenvalue weighted by atomic mass is 10.1. The molecule has 0 saturated heterocycles. The molecule has 24 heavy (non-hydrogen) atoms. The van der Waals surface area contributed by atoms with Gasteiger partial charge in [0.2, 0.25) is 0 Å². The number of aromatic amines is 1. The fraction of sp³-hybridized carbons (Fsp3) is 0.111. The molecule has 5 nitrogen and oxygen atoms in total.